The van der Waals surface area contributed by atoms with Crippen molar-refractivity contribution in [3.63, 3.8) is 0 Å². The van der Waals surface area contributed by atoms with Gasteiger partial charge in [0, 0.05) is 63.6 Å². The second kappa shape index (κ2) is 8.93. The topological polar surface area (TPSA) is 59.9 Å². The van der Waals surface area contributed by atoms with Gasteiger partial charge in [-0.15, -0.1) is 0 Å². The summed E-state index contributed by atoms with van der Waals surface area (Å²) >= 11 is 0. The van der Waals surface area contributed by atoms with Gasteiger partial charge >= 0.3 is 0 Å². The number of amides is 1. The van der Waals surface area contributed by atoms with E-state index in [1.54, 1.807) is 0 Å². The van der Waals surface area contributed by atoms with Crippen LogP contribution in [0, 0.1) is 0 Å². The first-order valence-corrected chi connectivity index (χ1v) is 9.92. The lowest BCUT2D eigenvalue weighted by Gasteiger charge is -2.36. The fourth-order valence-electron chi connectivity index (χ4n) is 3.73. The maximum Gasteiger partial charge on any atom is 0.237 e. The Balaban J connectivity index is 1.53. The number of pyridine rings is 1. The molecule has 3 heterocycles. The van der Waals surface area contributed by atoms with Gasteiger partial charge in [-0.1, -0.05) is 19.9 Å². The molecule has 1 amide bonds. The highest BCUT2D eigenvalue weighted by Crippen LogP contribution is 2.22. The highest BCUT2D eigenvalue weighted by molar-refractivity contribution is 5.78. The Morgan fingerprint density at radius 1 is 1.19 bits per heavy atom. The van der Waals surface area contributed by atoms with Gasteiger partial charge < -0.3 is 10.0 Å². The largest absolute Gasteiger partial charge is 0.395 e. The van der Waals surface area contributed by atoms with Gasteiger partial charge in [0.2, 0.25) is 5.91 Å². The first kappa shape index (κ1) is 19.3. The van der Waals surface area contributed by atoms with Crippen molar-refractivity contribution in [2.45, 2.75) is 39.2 Å². The quantitative estimate of drug-likeness (QED) is 0.823. The van der Waals surface area contributed by atoms with E-state index in [2.05, 4.69) is 35.8 Å². The molecule has 0 spiro atoms. The molecule has 0 saturated carbocycles. The molecule has 144 valence electrons. The molecular weight excluding hydrogens is 328 g/mol. The number of fused-ring (bicyclic) bond motifs is 1. The molecule has 2 aliphatic heterocycles. The summed E-state index contributed by atoms with van der Waals surface area (Å²) in [6.07, 6.45) is 1.96. The maximum atomic E-state index is 12.7. The molecule has 6 nitrogen and oxygen atoms in total. The maximum absolute atomic E-state index is 12.7. The van der Waals surface area contributed by atoms with Crippen LogP contribution in [0.3, 0.4) is 0 Å². The van der Waals surface area contributed by atoms with Gasteiger partial charge in [-0.3, -0.25) is 19.6 Å². The van der Waals surface area contributed by atoms with Crippen molar-refractivity contribution in [1.29, 1.82) is 0 Å². The van der Waals surface area contributed by atoms with Gasteiger partial charge in [-0.2, -0.15) is 0 Å². The molecule has 0 radical (unpaired) electrons. The van der Waals surface area contributed by atoms with E-state index in [1.165, 1.54) is 17.0 Å². The van der Waals surface area contributed by atoms with Crippen LogP contribution in [0.15, 0.2) is 12.1 Å². The molecular formula is C20H32N4O2. The number of carbonyl (C=O) groups is 1. The second-order valence-electron chi connectivity index (χ2n) is 7.56. The molecule has 6 heteroatoms. The van der Waals surface area contributed by atoms with E-state index in [0.717, 1.165) is 52.1 Å². The molecule has 1 N–H and O–H groups in total. The molecule has 1 saturated heterocycles. The number of aliphatic hydroxyl groups is 1. The molecule has 2 aliphatic rings. The van der Waals surface area contributed by atoms with E-state index < -0.39 is 0 Å². The smallest absolute Gasteiger partial charge is 0.237 e. The number of aromatic nitrogens is 1. The van der Waals surface area contributed by atoms with Crippen LogP contribution in [0.5, 0.6) is 0 Å². The zero-order valence-electron chi connectivity index (χ0n) is 16.2. The van der Waals surface area contributed by atoms with E-state index in [1.807, 2.05) is 4.90 Å². The Morgan fingerprint density at radius 3 is 2.62 bits per heavy atom. The molecule has 0 aliphatic carbocycles. The average Bonchev–Trinajstić information content (AvgIpc) is 2.68. The van der Waals surface area contributed by atoms with Crippen LogP contribution in [0.4, 0.5) is 0 Å². The Labute approximate surface area is 156 Å². The number of nitrogens with zero attached hydrogens (tertiary/aromatic N) is 4. The van der Waals surface area contributed by atoms with Crippen LogP contribution >= 0.6 is 0 Å². The second-order valence-corrected chi connectivity index (χ2v) is 7.56. The zero-order valence-corrected chi connectivity index (χ0v) is 16.2. The minimum absolute atomic E-state index is 0.207. The lowest BCUT2D eigenvalue weighted by Crippen LogP contribution is -2.51. The van der Waals surface area contributed by atoms with Crippen molar-refractivity contribution in [1.82, 2.24) is 19.7 Å². The van der Waals surface area contributed by atoms with Gasteiger partial charge in [-0.25, -0.2) is 0 Å². The first-order chi connectivity index (χ1) is 12.6. The van der Waals surface area contributed by atoms with Crippen LogP contribution in [-0.2, 0) is 17.8 Å². The fourth-order valence-corrected chi connectivity index (χ4v) is 3.73. The van der Waals surface area contributed by atoms with Gasteiger partial charge in [0.1, 0.15) is 0 Å². The minimum atomic E-state index is 0.207. The Kier molecular flexibility index (Phi) is 6.62. The van der Waals surface area contributed by atoms with Gasteiger partial charge in [0.25, 0.3) is 0 Å². The Hall–Kier alpha value is -1.50. The predicted molar refractivity (Wildman–Crippen MR) is 102 cm³/mol. The van der Waals surface area contributed by atoms with Gasteiger partial charge in [0.05, 0.1) is 13.2 Å². The molecule has 3 rings (SSSR count). The Bertz CT molecular complexity index is 614. The highest BCUT2D eigenvalue weighted by atomic mass is 16.3. The molecule has 1 fully saturated rings. The average molecular weight is 361 g/mol. The molecule has 0 aromatic carbocycles. The van der Waals surface area contributed by atoms with Crippen LogP contribution in [-0.4, -0.2) is 83.1 Å². The van der Waals surface area contributed by atoms with Crippen molar-refractivity contribution in [2.24, 2.45) is 0 Å². The van der Waals surface area contributed by atoms with Crippen LogP contribution < -0.4 is 0 Å². The van der Waals surface area contributed by atoms with E-state index >= 15 is 0 Å². The van der Waals surface area contributed by atoms with Gasteiger partial charge in [-0.05, 0) is 24.0 Å². The van der Waals surface area contributed by atoms with Crippen LogP contribution in [0.1, 0.15) is 43.1 Å². The first-order valence-electron chi connectivity index (χ1n) is 9.92. The molecule has 26 heavy (non-hydrogen) atoms. The van der Waals surface area contributed by atoms with Crippen LogP contribution in [0.2, 0.25) is 0 Å². The summed E-state index contributed by atoms with van der Waals surface area (Å²) in [4.78, 5) is 24.0. The number of β-amino-alcohol motifs (C(OH)–C–C–N with tert-alkyl or cyclic N) is 1. The molecule has 0 bridgehead atoms. The highest BCUT2D eigenvalue weighted by Gasteiger charge is 2.25. The summed E-state index contributed by atoms with van der Waals surface area (Å²) in [5.41, 5.74) is 3.54. The summed E-state index contributed by atoms with van der Waals surface area (Å²) < 4.78 is 0. The summed E-state index contributed by atoms with van der Waals surface area (Å²) in [6, 6.07) is 4.29. The summed E-state index contributed by atoms with van der Waals surface area (Å²) in [7, 11) is 0. The summed E-state index contributed by atoms with van der Waals surface area (Å²) in [5, 5.41) is 9.02. The summed E-state index contributed by atoms with van der Waals surface area (Å²) in [6.45, 7) is 11.0. The summed E-state index contributed by atoms with van der Waals surface area (Å²) in [5.74, 6) is 0.710. The third-order valence-corrected chi connectivity index (χ3v) is 5.78. The zero-order chi connectivity index (χ0) is 18.5. The van der Waals surface area contributed by atoms with Crippen molar-refractivity contribution in [3.8, 4) is 0 Å². The Morgan fingerprint density at radius 2 is 1.92 bits per heavy atom. The predicted octanol–water partition coefficient (Wildman–Crippen LogP) is 1.09. The number of aliphatic hydroxyl groups excluding tert-OH is 1. The standard InChI is InChI=1S/C20H32N4O2/c1-3-16(2)18-5-4-17-14-24(7-6-19(17)21-18)20(26)15-23-10-8-22(9-11-23)12-13-25/h4-5,16,25H,3,6-15H2,1-2H3. The van der Waals surface area contributed by atoms with E-state index in [9.17, 15) is 4.79 Å². The fraction of sp³-hybridized carbons (Fsp3) is 0.700. The minimum Gasteiger partial charge on any atom is -0.395 e. The number of rotatable bonds is 6. The van der Waals surface area contributed by atoms with Crippen molar-refractivity contribution in [2.75, 3.05) is 52.4 Å². The molecule has 1 unspecified atom stereocenters. The van der Waals surface area contributed by atoms with Crippen molar-refractivity contribution in [3.05, 3.63) is 29.1 Å². The number of hydrogen-bond acceptors (Lipinski definition) is 5. The number of piperazine rings is 1. The lowest BCUT2D eigenvalue weighted by molar-refractivity contribution is -0.133. The van der Waals surface area contributed by atoms with Crippen LogP contribution in [0.25, 0.3) is 0 Å². The molecule has 1 aromatic rings. The third kappa shape index (κ3) is 4.61. The van der Waals surface area contributed by atoms with Crippen molar-refractivity contribution >= 4 is 5.91 Å². The SMILES string of the molecule is CCC(C)c1ccc2c(n1)CCN(C(=O)CN1CCN(CCO)CC1)C2. The third-order valence-electron chi connectivity index (χ3n) is 5.78. The lowest BCUT2D eigenvalue weighted by atomic mass is 10.00. The molecule has 1 atom stereocenters. The number of hydrogen-bond donors (Lipinski definition) is 1. The van der Waals surface area contributed by atoms with E-state index in [4.69, 9.17) is 10.1 Å². The normalized spacial score (nSPS) is 20.0. The van der Waals surface area contributed by atoms with E-state index in [0.29, 0.717) is 19.0 Å². The van der Waals surface area contributed by atoms with Crippen molar-refractivity contribution < 1.29 is 9.90 Å². The molecule has 1 aromatic heterocycles. The monoisotopic (exact) mass is 360 g/mol. The van der Waals surface area contributed by atoms with Gasteiger partial charge in [0.15, 0.2) is 0 Å². The van der Waals surface area contributed by atoms with E-state index in [-0.39, 0.29) is 12.5 Å². The number of carbonyl (C=O) groups excluding carboxylic acids is 1.